The van der Waals surface area contributed by atoms with Gasteiger partial charge in [0.25, 0.3) is 0 Å². The second-order valence-corrected chi connectivity index (χ2v) is 8.45. The highest BCUT2D eigenvalue weighted by molar-refractivity contribution is 5.84. The Morgan fingerprint density at radius 3 is 1.76 bits per heavy atom. The van der Waals surface area contributed by atoms with Crippen molar-refractivity contribution in [1.82, 2.24) is 25.8 Å². The molecule has 11 nitrogen and oxygen atoms in total. The molecule has 0 radical (unpaired) electrons. The molecule has 0 bridgehead atoms. The summed E-state index contributed by atoms with van der Waals surface area (Å²) in [7, 11) is 2.62. The molecule has 1 fully saturated rings. The van der Waals surface area contributed by atoms with Crippen molar-refractivity contribution in [3.05, 3.63) is 0 Å². The van der Waals surface area contributed by atoms with Crippen LogP contribution >= 0.6 is 0 Å². The van der Waals surface area contributed by atoms with Crippen molar-refractivity contribution in [3.63, 3.8) is 0 Å². The number of hydrogen-bond donors (Lipinski definition) is 3. The highest BCUT2D eigenvalue weighted by Crippen LogP contribution is 2.11. The molecule has 0 spiro atoms. The van der Waals surface area contributed by atoms with E-state index in [9.17, 15) is 19.2 Å². The van der Waals surface area contributed by atoms with Crippen LogP contribution in [0.25, 0.3) is 0 Å². The summed E-state index contributed by atoms with van der Waals surface area (Å²) in [4.78, 5) is 52.5. The summed E-state index contributed by atoms with van der Waals surface area (Å²) in [5.41, 5.74) is 0. The molecule has 11 heteroatoms. The Bertz CT molecular complexity index is 650. The van der Waals surface area contributed by atoms with E-state index in [0.29, 0.717) is 39.3 Å². The number of hydrogen-bond acceptors (Lipinski definition) is 7. The maximum absolute atomic E-state index is 12.6. The summed E-state index contributed by atoms with van der Waals surface area (Å²) < 4.78 is 9.60. The predicted octanol–water partition coefficient (Wildman–Crippen LogP) is 0.788. The zero-order valence-electron chi connectivity index (χ0n) is 20.8. The molecular weight excluding hydrogens is 430 g/mol. The first-order valence-corrected chi connectivity index (χ1v) is 11.7. The van der Waals surface area contributed by atoms with Gasteiger partial charge in [-0.1, -0.05) is 40.5 Å². The molecule has 0 aromatic carbocycles. The predicted molar refractivity (Wildman–Crippen MR) is 124 cm³/mol. The molecule has 1 saturated heterocycles. The highest BCUT2D eigenvalue weighted by atomic mass is 16.5. The molecular formula is C22H41N5O6. The summed E-state index contributed by atoms with van der Waals surface area (Å²) in [6, 6.07) is -2.05. The SMILES string of the molecule is CC[C@@H](C)[C@H](NC(=O)NCCN1CCN(C(=O)N[C@H](C(=O)OC)[C@H](C)CC)CC1)C(=O)OC. The minimum atomic E-state index is -0.689. The molecule has 0 aliphatic carbocycles. The lowest BCUT2D eigenvalue weighted by molar-refractivity contribution is -0.145. The van der Waals surface area contributed by atoms with Crippen LogP contribution in [0.4, 0.5) is 9.59 Å². The van der Waals surface area contributed by atoms with Crippen molar-refractivity contribution in [2.75, 3.05) is 53.5 Å². The van der Waals surface area contributed by atoms with Crippen molar-refractivity contribution in [2.45, 2.75) is 52.6 Å². The number of esters is 2. The van der Waals surface area contributed by atoms with E-state index in [-0.39, 0.29) is 17.9 Å². The van der Waals surface area contributed by atoms with Crippen LogP contribution in [0.15, 0.2) is 0 Å². The summed E-state index contributed by atoms with van der Waals surface area (Å²) >= 11 is 0. The zero-order chi connectivity index (χ0) is 25.0. The second kappa shape index (κ2) is 14.6. The van der Waals surface area contributed by atoms with E-state index in [0.717, 1.165) is 12.8 Å². The molecule has 1 heterocycles. The van der Waals surface area contributed by atoms with Crippen LogP contribution in [0.1, 0.15) is 40.5 Å². The van der Waals surface area contributed by atoms with Crippen LogP contribution in [0.3, 0.4) is 0 Å². The normalized spacial score (nSPS) is 17.8. The number of piperazine rings is 1. The lowest BCUT2D eigenvalue weighted by atomic mass is 9.99. The zero-order valence-corrected chi connectivity index (χ0v) is 20.8. The summed E-state index contributed by atoms with van der Waals surface area (Å²) in [5, 5.41) is 8.25. The molecule has 4 atom stereocenters. The first-order chi connectivity index (χ1) is 15.7. The molecule has 0 saturated carbocycles. The van der Waals surface area contributed by atoms with Gasteiger partial charge < -0.3 is 30.3 Å². The lowest BCUT2D eigenvalue weighted by Gasteiger charge is -2.35. The van der Waals surface area contributed by atoms with Gasteiger partial charge in [-0.25, -0.2) is 19.2 Å². The van der Waals surface area contributed by atoms with Gasteiger partial charge in [-0.05, 0) is 11.8 Å². The van der Waals surface area contributed by atoms with Crippen LogP contribution in [0, 0.1) is 11.8 Å². The fraction of sp³-hybridized carbons (Fsp3) is 0.818. The molecule has 33 heavy (non-hydrogen) atoms. The van der Waals surface area contributed by atoms with E-state index >= 15 is 0 Å². The Labute approximate surface area is 196 Å². The van der Waals surface area contributed by atoms with Crippen LogP contribution in [0.2, 0.25) is 0 Å². The quantitative estimate of drug-likeness (QED) is 0.380. The number of nitrogens with one attached hydrogen (secondary N) is 3. The minimum absolute atomic E-state index is 0.0287. The molecule has 0 unspecified atom stereocenters. The van der Waals surface area contributed by atoms with Crippen LogP contribution in [0.5, 0.6) is 0 Å². The van der Waals surface area contributed by atoms with Gasteiger partial charge in [0.2, 0.25) is 0 Å². The van der Waals surface area contributed by atoms with Crippen molar-refractivity contribution >= 4 is 24.0 Å². The first-order valence-electron chi connectivity index (χ1n) is 11.7. The molecule has 1 aliphatic rings. The number of ether oxygens (including phenoxy) is 2. The molecule has 190 valence electrons. The summed E-state index contributed by atoms with van der Waals surface area (Å²) in [6.45, 7) is 11.1. The third-order valence-electron chi connectivity index (χ3n) is 6.27. The smallest absolute Gasteiger partial charge is 0.328 e. The first kappa shape index (κ1) is 28.5. The fourth-order valence-electron chi connectivity index (χ4n) is 3.51. The third-order valence-corrected chi connectivity index (χ3v) is 6.27. The standard InChI is InChI=1S/C22H41N5O6/c1-7-15(3)17(19(28)32-5)24-21(30)23-9-10-26-11-13-27(14-12-26)22(31)25-18(16(4)8-2)20(29)33-6/h15-18H,7-14H2,1-6H3,(H,25,31)(H2,23,24,30)/t15-,16-,17+,18+/m1/s1. The van der Waals surface area contributed by atoms with Gasteiger partial charge in [0, 0.05) is 39.3 Å². The lowest BCUT2D eigenvalue weighted by Crippen LogP contribution is -2.56. The Morgan fingerprint density at radius 1 is 0.818 bits per heavy atom. The largest absolute Gasteiger partial charge is 0.467 e. The van der Waals surface area contributed by atoms with Crippen LogP contribution in [-0.2, 0) is 19.1 Å². The summed E-state index contributed by atoms with van der Waals surface area (Å²) in [6.07, 6.45) is 1.47. The van der Waals surface area contributed by atoms with Gasteiger partial charge in [0.15, 0.2) is 0 Å². The molecule has 0 aromatic heterocycles. The fourth-order valence-corrected chi connectivity index (χ4v) is 3.51. The minimum Gasteiger partial charge on any atom is -0.467 e. The number of carbonyl (C=O) groups excluding carboxylic acids is 4. The molecule has 1 rings (SSSR count). The summed E-state index contributed by atoms with van der Waals surface area (Å²) in [5.74, 6) is -0.972. The average molecular weight is 472 g/mol. The maximum atomic E-state index is 12.6. The average Bonchev–Trinajstić information content (AvgIpc) is 2.84. The number of rotatable bonds is 11. The van der Waals surface area contributed by atoms with Gasteiger partial charge in [0.1, 0.15) is 12.1 Å². The number of urea groups is 2. The number of amides is 4. The maximum Gasteiger partial charge on any atom is 0.328 e. The highest BCUT2D eigenvalue weighted by Gasteiger charge is 2.30. The molecule has 3 N–H and O–H groups in total. The topological polar surface area (TPSA) is 129 Å². The molecule has 4 amide bonds. The number of nitrogens with zero attached hydrogens (tertiary/aromatic N) is 2. The Hall–Kier alpha value is -2.56. The molecule has 1 aliphatic heterocycles. The van der Waals surface area contributed by atoms with Crippen molar-refractivity contribution in [2.24, 2.45) is 11.8 Å². The van der Waals surface area contributed by atoms with Gasteiger partial charge in [-0.15, -0.1) is 0 Å². The van der Waals surface area contributed by atoms with Crippen molar-refractivity contribution in [1.29, 1.82) is 0 Å². The van der Waals surface area contributed by atoms with E-state index in [1.807, 2.05) is 27.7 Å². The van der Waals surface area contributed by atoms with E-state index in [1.165, 1.54) is 14.2 Å². The molecule has 0 aromatic rings. The van der Waals surface area contributed by atoms with Crippen LogP contribution in [-0.4, -0.2) is 99.4 Å². The van der Waals surface area contributed by atoms with Gasteiger partial charge >= 0.3 is 24.0 Å². The van der Waals surface area contributed by atoms with E-state index in [4.69, 9.17) is 9.47 Å². The van der Waals surface area contributed by atoms with E-state index < -0.39 is 30.1 Å². The number of methoxy groups -OCH3 is 2. The Kier molecular flexibility index (Phi) is 12.6. The van der Waals surface area contributed by atoms with Gasteiger partial charge in [-0.2, -0.15) is 0 Å². The second-order valence-electron chi connectivity index (χ2n) is 8.45. The monoisotopic (exact) mass is 471 g/mol. The van der Waals surface area contributed by atoms with Crippen molar-refractivity contribution < 1.29 is 28.7 Å². The van der Waals surface area contributed by atoms with E-state index in [1.54, 1.807) is 4.90 Å². The van der Waals surface area contributed by atoms with Crippen LogP contribution < -0.4 is 16.0 Å². The van der Waals surface area contributed by atoms with Gasteiger partial charge in [0.05, 0.1) is 14.2 Å². The number of carbonyl (C=O) groups is 4. The Balaban J connectivity index is 2.42. The van der Waals surface area contributed by atoms with Crippen molar-refractivity contribution in [3.8, 4) is 0 Å². The van der Waals surface area contributed by atoms with Gasteiger partial charge in [-0.3, -0.25) is 4.90 Å². The third kappa shape index (κ3) is 9.07. The Morgan fingerprint density at radius 2 is 1.30 bits per heavy atom. The van der Waals surface area contributed by atoms with E-state index in [2.05, 4.69) is 20.9 Å².